The Morgan fingerprint density at radius 3 is 2.17 bits per heavy atom. The van der Waals surface area contributed by atoms with Gasteiger partial charge in [-0.15, -0.1) is 11.8 Å². The fourth-order valence-corrected chi connectivity index (χ4v) is 5.98. The van der Waals surface area contributed by atoms with Crippen molar-refractivity contribution < 1.29 is 23.5 Å². The molecule has 48 heavy (non-hydrogen) atoms. The molecule has 0 saturated carbocycles. The molecule has 0 saturated heterocycles. The van der Waals surface area contributed by atoms with Gasteiger partial charge in [0.05, 0.1) is 17.8 Å². The van der Waals surface area contributed by atoms with Crippen molar-refractivity contribution in [1.29, 1.82) is 0 Å². The molecule has 5 rings (SSSR count). The zero-order chi connectivity index (χ0) is 34.0. The summed E-state index contributed by atoms with van der Waals surface area (Å²) >= 11 is 13.7. The summed E-state index contributed by atoms with van der Waals surface area (Å²) < 4.78 is 20.0. The van der Waals surface area contributed by atoms with Crippen LogP contribution >= 0.6 is 35.0 Å². The lowest BCUT2D eigenvalue weighted by Crippen LogP contribution is -2.30. The van der Waals surface area contributed by atoms with Crippen molar-refractivity contribution in [3.05, 3.63) is 160 Å². The Morgan fingerprint density at radius 1 is 0.812 bits per heavy atom. The van der Waals surface area contributed by atoms with Gasteiger partial charge in [0.25, 0.3) is 11.8 Å². The van der Waals surface area contributed by atoms with Crippen molar-refractivity contribution in [2.24, 2.45) is 0 Å². The second-order valence-electron chi connectivity index (χ2n) is 10.2. The maximum Gasteiger partial charge on any atom is 0.272 e. The van der Waals surface area contributed by atoms with E-state index in [2.05, 4.69) is 16.0 Å². The molecular weight excluding hydrogens is 672 g/mol. The lowest BCUT2D eigenvalue weighted by atomic mass is 10.1. The van der Waals surface area contributed by atoms with Gasteiger partial charge in [0.1, 0.15) is 22.5 Å². The maximum atomic E-state index is 14.7. The maximum absolute atomic E-state index is 14.7. The number of carbonyl (C=O) groups is 3. The molecule has 0 aromatic heterocycles. The van der Waals surface area contributed by atoms with Crippen LogP contribution in [-0.2, 0) is 9.59 Å². The van der Waals surface area contributed by atoms with Crippen LogP contribution in [0.3, 0.4) is 0 Å². The summed E-state index contributed by atoms with van der Waals surface area (Å²) in [6.45, 7) is 0. The van der Waals surface area contributed by atoms with Gasteiger partial charge >= 0.3 is 0 Å². The minimum atomic E-state index is -0.698. The molecule has 1 atom stereocenters. The van der Waals surface area contributed by atoms with Crippen LogP contribution in [0.4, 0.5) is 15.8 Å². The number of halogens is 3. The highest BCUT2D eigenvalue weighted by atomic mass is 35.5. The summed E-state index contributed by atoms with van der Waals surface area (Å²) in [5.41, 5.74) is 1.65. The molecule has 1 unspecified atom stereocenters. The quantitative estimate of drug-likeness (QED) is 0.0945. The number of methoxy groups -OCH3 is 1. The Morgan fingerprint density at radius 2 is 1.50 bits per heavy atom. The number of thioether (sulfide) groups is 1. The van der Waals surface area contributed by atoms with Crippen molar-refractivity contribution in [1.82, 2.24) is 5.32 Å². The van der Waals surface area contributed by atoms with Crippen molar-refractivity contribution in [3.63, 3.8) is 0 Å². The van der Waals surface area contributed by atoms with Gasteiger partial charge in [0.15, 0.2) is 0 Å². The zero-order valence-corrected chi connectivity index (χ0v) is 27.7. The first-order chi connectivity index (χ1) is 23.2. The predicted molar refractivity (Wildman–Crippen MR) is 190 cm³/mol. The van der Waals surface area contributed by atoms with Gasteiger partial charge in [-0.3, -0.25) is 14.4 Å². The second kappa shape index (κ2) is 16.1. The smallest absolute Gasteiger partial charge is 0.272 e. The molecule has 0 aliphatic rings. The molecule has 5 aromatic rings. The molecule has 5 aromatic carbocycles. The average molecular weight is 701 g/mol. The molecule has 0 fully saturated rings. The highest BCUT2D eigenvalue weighted by Gasteiger charge is 2.24. The summed E-state index contributed by atoms with van der Waals surface area (Å²) in [6, 6.07) is 33.5. The van der Waals surface area contributed by atoms with E-state index in [0.717, 1.165) is 10.5 Å². The Kier molecular flexibility index (Phi) is 11.5. The molecule has 242 valence electrons. The number of ether oxygens (including phenoxy) is 1. The standard InChI is InChI=1S/C37H28Cl2FN3O4S/c1-47-33-20-15-25(38)21-31(33)42-37(46)34(23-9-4-2-5-10-23)48-27-18-16-26(17-19-27)41-36(45)32(22-28-29(39)13-8-14-30(28)40)43-35(44)24-11-6-3-7-12-24/h2-22,34H,1H3,(H,41,45)(H,42,46)(H,43,44)/b32-22-. The Hall–Kier alpha value is -5.09. The average Bonchev–Trinajstić information content (AvgIpc) is 3.09. The van der Waals surface area contributed by atoms with Gasteiger partial charge in [-0.05, 0) is 78.4 Å². The predicted octanol–water partition coefficient (Wildman–Crippen LogP) is 9.02. The molecule has 11 heteroatoms. The normalized spacial score (nSPS) is 11.7. The van der Waals surface area contributed by atoms with Crippen LogP contribution in [0.5, 0.6) is 5.75 Å². The van der Waals surface area contributed by atoms with Crippen LogP contribution in [0.15, 0.2) is 132 Å². The van der Waals surface area contributed by atoms with Crippen LogP contribution in [0.1, 0.15) is 26.7 Å². The van der Waals surface area contributed by atoms with E-state index in [1.807, 2.05) is 30.3 Å². The van der Waals surface area contributed by atoms with E-state index in [4.69, 9.17) is 27.9 Å². The third kappa shape index (κ3) is 8.83. The van der Waals surface area contributed by atoms with E-state index in [9.17, 15) is 18.8 Å². The SMILES string of the molecule is COc1ccc(Cl)cc1NC(=O)C(Sc1ccc(NC(=O)/C(=C/c2c(F)cccc2Cl)NC(=O)c2ccccc2)cc1)c1ccccc1. The Bertz CT molecular complexity index is 1940. The van der Waals surface area contributed by atoms with E-state index in [1.165, 1.54) is 43.1 Å². The molecule has 3 N–H and O–H groups in total. The number of hydrogen-bond acceptors (Lipinski definition) is 5. The lowest BCUT2D eigenvalue weighted by Gasteiger charge is -2.19. The van der Waals surface area contributed by atoms with Crippen LogP contribution in [0.25, 0.3) is 6.08 Å². The highest BCUT2D eigenvalue weighted by molar-refractivity contribution is 8.00. The zero-order valence-electron chi connectivity index (χ0n) is 25.4. The summed E-state index contributed by atoms with van der Waals surface area (Å²) in [7, 11) is 1.51. The molecule has 0 bridgehead atoms. The van der Waals surface area contributed by atoms with Gasteiger partial charge in [0, 0.05) is 26.7 Å². The number of rotatable bonds is 11. The first-order valence-corrected chi connectivity index (χ1v) is 16.1. The molecule has 3 amide bonds. The topological polar surface area (TPSA) is 96.5 Å². The van der Waals surface area contributed by atoms with E-state index in [1.54, 1.807) is 72.8 Å². The number of benzene rings is 5. The molecule has 0 radical (unpaired) electrons. The fourth-order valence-electron chi connectivity index (χ4n) is 4.56. The number of anilines is 2. The third-order valence-electron chi connectivity index (χ3n) is 6.94. The van der Waals surface area contributed by atoms with Gasteiger partial charge in [-0.2, -0.15) is 0 Å². The fraction of sp³-hybridized carbons (Fsp3) is 0.0541. The van der Waals surface area contributed by atoms with Crippen LogP contribution in [-0.4, -0.2) is 24.8 Å². The van der Waals surface area contributed by atoms with E-state index >= 15 is 0 Å². The summed E-state index contributed by atoms with van der Waals surface area (Å²) in [6.07, 6.45) is 1.19. The molecule has 0 spiro atoms. The second-order valence-corrected chi connectivity index (χ2v) is 12.3. The number of amides is 3. The van der Waals surface area contributed by atoms with Gasteiger partial charge in [-0.25, -0.2) is 4.39 Å². The van der Waals surface area contributed by atoms with Gasteiger partial charge in [0.2, 0.25) is 5.91 Å². The van der Waals surface area contributed by atoms with Crippen LogP contribution in [0.2, 0.25) is 10.0 Å². The number of nitrogens with one attached hydrogen (secondary N) is 3. The lowest BCUT2D eigenvalue weighted by molar-refractivity contribution is -0.116. The summed E-state index contributed by atoms with van der Waals surface area (Å²) in [5.74, 6) is -1.74. The van der Waals surface area contributed by atoms with E-state index in [-0.39, 0.29) is 22.2 Å². The van der Waals surface area contributed by atoms with Crippen molar-refractivity contribution in [2.45, 2.75) is 10.1 Å². The van der Waals surface area contributed by atoms with Crippen molar-refractivity contribution in [2.75, 3.05) is 17.7 Å². The molecule has 7 nitrogen and oxygen atoms in total. The van der Waals surface area contributed by atoms with Gasteiger partial charge in [-0.1, -0.05) is 77.8 Å². The highest BCUT2D eigenvalue weighted by Crippen LogP contribution is 2.38. The van der Waals surface area contributed by atoms with Crippen LogP contribution < -0.4 is 20.7 Å². The van der Waals surface area contributed by atoms with E-state index in [0.29, 0.717) is 27.7 Å². The largest absolute Gasteiger partial charge is 0.495 e. The number of hydrogen-bond donors (Lipinski definition) is 3. The minimum absolute atomic E-state index is 0.0509. The van der Waals surface area contributed by atoms with Crippen molar-refractivity contribution in [3.8, 4) is 5.75 Å². The minimum Gasteiger partial charge on any atom is -0.495 e. The third-order valence-corrected chi connectivity index (χ3v) is 8.77. The first-order valence-electron chi connectivity index (χ1n) is 14.5. The summed E-state index contributed by atoms with van der Waals surface area (Å²) in [4.78, 5) is 40.8. The monoisotopic (exact) mass is 699 g/mol. The van der Waals surface area contributed by atoms with Gasteiger partial charge < -0.3 is 20.7 Å². The molecule has 0 heterocycles. The number of carbonyl (C=O) groups excluding carboxylic acids is 3. The molecule has 0 aliphatic carbocycles. The van der Waals surface area contributed by atoms with Crippen LogP contribution in [0, 0.1) is 5.82 Å². The summed E-state index contributed by atoms with van der Waals surface area (Å²) in [5, 5.41) is 8.11. The molecular formula is C37H28Cl2FN3O4S. The Balaban J connectivity index is 1.36. The molecule has 0 aliphatic heterocycles. The van der Waals surface area contributed by atoms with Crippen molar-refractivity contribution >= 4 is 70.1 Å². The van der Waals surface area contributed by atoms with E-state index < -0.39 is 22.9 Å². The Labute approximate surface area is 291 Å². The first kappa shape index (κ1) is 34.3.